The molecular formula is C12H16FN3. The Morgan fingerprint density at radius 1 is 1.56 bits per heavy atom. The van der Waals surface area contributed by atoms with Crippen molar-refractivity contribution in [3.63, 3.8) is 0 Å². The van der Waals surface area contributed by atoms with Gasteiger partial charge in [0, 0.05) is 37.4 Å². The third kappa shape index (κ3) is 2.78. The average Bonchev–Trinajstić information content (AvgIpc) is 2.74. The summed E-state index contributed by atoms with van der Waals surface area (Å²) in [6.45, 7) is 5.29. The third-order valence-electron chi connectivity index (χ3n) is 2.86. The Bertz CT molecular complexity index is 353. The van der Waals surface area contributed by atoms with Crippen LogP contribution < -0.4 is 0 Å². The fourth-order valence-corrected chi connectivity index (χ4v) is 1.89. The van der Waals surface area contributed by atoms with Crippen molar-refractivity contribution in [2.24, 2.45) is 0 Å². The first-order valence-electron chi connectivity index (χ1n) is 5.57. The van der Waals surface area contributed by atoms with E-state index in [1.807, 2.05) is 4.90 Å². The first-order chi connectivity index (χ1) is 7.75. The first kappa shape index (κ1) is 11.0. The Labute approximate surface area is 95.0 Å². The molecule has 0 aliphatic carbocycles. The van der Waals surface area contributed by atoms with Gasteiger partial charge in [-0.05, 0) is 19.3 Å². The highest BCUT2D eigenvalue weighted by Gasteiger charge is 2.22. The maximum Gasteiger partial charge on any atom is 0.119 e. The molecule has 16 heavy (non-hydrogen) atoms. The van der Waals surface area contributed by atoms with Gasteiger partial charge in [0.05, 0.1) is 5.69 Å². The molecule has 2 rings (SSSR count). The van der Waals surface area contributed by atoms with E-state index in [-0.39, 0.29) is 0 Å². The van der Waals surface area contributed by atoms with Crippen molar-refractivity contribution in [1.29, 1.82) is 0 Å². The highest BCUT2D eigenvalue weighted by molar-refractivity contribution is 5.03. The fraction of sp³-hybridized carbons (Fsp3) is 0.500. The number of aryl methyl sites for hydroxylation is 1. The Morgan fingerprint density at radius 2 is 2.44 bits per heavy atom. The molecule has 0 amide bonds. The topological polar surface area (TPSA) is 29.0 Å². The lowest BCUT2D eigenvalue weighted by Gasteiger charge is -2.19. The smallest absolute Gasteiger partial charge is 0.119 e. The highest BCUT2D eigenvalue weighted by Crippen LogP contribution is 2.19. The lowest BCUT2D eigenvalue weighted by Crippen LogP contribution is -2.20. The number of likely N-dealkylation sites (tertiary alicyclic amines) is 1. The highest BCUT2D eigenvalue weighted by atomic mass is 19.1. The molecule has 1 unspecified atom stereocenters. The average molecular weight is 221 g/mol. The zero-order valence-corrected chi connectivity index (χ0v) is 9.27. The summed E-state index contributed by atoms with van der Waals surface area (Å²) in [5.41, 5.74) is 1.96. The second-order valence-electron chi connectivity index (χ2n) is 4.09. The molecule has 0 aromatic carbocycles. The second-order valence-corrected chi connectivity index (χ2v) is 4.09. The van der Waals surface area contributed by atoms with Gasteiger partial charge < -0.3 is 4.90 Å². The van der Waals surface area contributed by atoms with Crippen LogP contribution in [0.25, 0.3) is 0 Å². The van der Waals surface area contributed by atoms with E-state index in [4.69, 9.17) is 0 Å². The molecule has 86 valence electrons. The number of allylic oxidation sites excluding steroid dienone is 1. The lowest BCUT2D eigenvalue weighted by atomic mass is 10.2. The van der Waals surface area contributed by atoms with Crippen LogP contribution in [0.1, 0.15) is 18.5 Å². The van der Waals surface area contributed by atoms with Crippen LogP contribution in [0.3, 0.4) is 0 Å². The number of rotatable bonds is 4. The summed E-state index contributed by atoms with van der Waals surface area (Å²) in [4.78, 5) is 10.2. The molecule has 1 aromatic heterocycles. The van der Waals surface area contributed by atoms with Gasteiger partial charge in [-0.1, -0.05) is 6.58 Å². The van der Waals surface area contributed by atoms with Gasteiger partial charge in [0.2, 0.25) is 0 Å². The van der Waals surface area contributed by atoms with E-state index >= 15 is 0 Å². The summed E-state index contributed by atoms with van der Waals surface area (Å²) in [6, 6.07) is 0. The molecule has 0 radical (unpaired) electrons. The SMILES string of the molecule is C=C(CCc1cnccn1)N1CCC(F)C1. The van der Waals surface area contributed by atoms with Crippen molar-refractivity contribution in [1.82, 2.24) is 14.9 Å². The monoisotopic (exact) mass is 221 g/mol. The molecule has 1 atom stereocenters. The van der Waals surface area contributed by atoms with Crippen LogP contribution in [-0.2, 0) is 6.42 Å². The number of hydrogen-bond acceptors (Lipinski definition) is 3. The molecule has 0 spiro atoms. The lowest BCUT2D eigenvalue weighted by molar-refractivity contribution is 0.320. The number of hydrogen-bond donors (Lipinski definition) is 0. The second kappa shape index (κ2) is 5.05. The Balaban J connectivity index is 1.80. The van der Waals surface area contributed by atoms with Crippen LogP contribution in [0.15, 0.2) is 30.9 Å². The van der Waals surface area contributed by atoms with Crippen LogP contribution in [0.4, 0.5) is 4.39 Å². The molecule has 1 fully saturated rings. The zero-order valence-electron chi connectivity index (χ0n) is 9.27. The largest absolute Gasteiger partial charge is 0.372 e. The molecule has 4 heteroatoms. The van der Waals surface area contributed by atoms with Crippen LogP contribution in [0.2, 0.25) is 0 Å². The number of aromatic nitrogens is 2. The molecule has 0 N–H and O–H groups in total. The molecule has 2 heterocycles. The van der Waals surface area contributed by atoms with Crippen LogP contribution in [-0.4, -0.2) is 34.1 Å². The standard InChI is InChI=1S/C12H16FN3/c1-10(16-7-4-11(13)9-16)2-3-12-8-14-5-6-15-12/h5-6,8,11H,1-4,7,9H2. The van der Waals surface area contributed by atoms with Crippen molar-refractivity contribution < 1.29 is 4.39 Å². The third-order valence-corrected chi connectivity index (χ3v) is 2.86. The van der Waals surface area contributed by atoms with E-state index in [1.54, 1.807) is 18.6 Å². The predicted molar refractivity (Wildman–Crippen MR) is 60.6 cm³/mol. The maximum absolute atomic E-state index is 13.0. The van der Waals surface area contributed by atoms with Gasteiger partial charge in [-0.15, -0.1) is 0 Å². The maximum atomic E-state index is 13.0. The number of halogens is 1. The Hall–Kier alpha value is -1.45. The summed E-state index contributed by atoms with van der Waals surface area (Å²) in [5, 5.41) is 0. The van der Waals surface area contributed by atoms with Gasteiger partial charge in [-0.3, -0.25) is 9.97 Å². The molecular weight excluding hydrogens is 205 g/mol. The van der Waals surface area contributed by atoms with E-state index in [1.165, 1.54) is 0 Å². The predicted octanol–water partition coefficient (Wildman–Crippen LogP) is 1.97. The van der Waals surface area contributed by atoms with Gasteiger partial charge in [0.25, 0.3) is 0 Å². The Morgan fingerprint density at radius 3 is 3.06 bits per heavy atom. The van der Waals surface area contributed by atoms with E-state index in [0.717, 1.165) is 30.8 Å². The summed E-state index contributed by atoms with van der Waals surface area (Å²) in [5.74, 6) is 0. The van der Waals surface area contributed by atoms with Gasteiger partial charge in [-0.25, -0.2) is 4.39 Å². The minimum atomic E-state index is -0.687. The summed E-state index contributed by atoms with van der Waals surface area (Å²) in [7, 11) is 0. The van der Waals surface area contributed by atoms with E-state index < -0.39 is 6.17 Å². The molecule has 0 saturated carbocycles. The van der Waals surface area contributed by atoms with Crippen LogP contribution in [0, 0.1) is 0 Å². The molecule has 1 saturated heterocycles. The van der Waals surface area contributed by atoms with Gasteiger partial charge in [0.1, 0.15) is 6.17 Å². The fourth-order valence-electron chi connectivity index (χ4n) is 1.89. The minimum Gasteiger partial charge on any atom is -0.372 e. The number of alkyl halides is 1. The van der Waals surface area contributed by atoms with Crippen LogP contribution >= 0.6 is 0 Å². The van der Waals surface area contributed by atoms with Crippen molar-refractivity contribution in [3.05, 3.63) is 36.6 Å². The van der Waals surface area contributed by atoms with Crippen molar-refractivity contribution >= 4 is 0 Å². The van der Waals surface area contributed by atoms with Crippen molar-refractivity contribution in [2.75, 3.05) is 13.1 Å². The number of nitrogens with zero attached hydrogens (tertiary/aromatic N) is 3. The first-order valence-corrected chi connectivity index (χ1v) is 5.57. The van der Waals surface area contributed by atoms with Crippen molar-refractivity contribution in [2.45, 2.75) is 25.4 Å². The van der Waals surface area contributed by atoms with E-state index in [0.29, 0.717) is 13.0 Å². The van der Waals surface area contributed by atoms with Gasteiger partial charge >= 0.3 is 0 Å². The van der Waals surface area contributed by atoms with Crippen LogP contribution in [0.5, 0.6) is 0 Å². The molecule has 1 aliphatic heterocycles. The zero-order chi connectivity index (χ0) is 11.4. The molecule has 1 aliphatic rings. The van der Waals surface area contributed by atoms with Gasteiger partial charge in [0.15, 0.2) is 0 Å². The van der Waals surface area contributed by atoms with Gasteiger partial charge in [-0.2, -0.15) is 0 Å². The molecule has 3 nitrogen and oxygen atoms in total. The summed E-state index contributed by atoms with van der Waals surface area (Å²) < 4.78 is 13.0. The molecule has 1 aromatic rings. The van der Waals surface area contributed by atoms with E-state index in [9.17, 15) is 4.39 Å². The summed E-state index contributed by atoms with van der Waals surface area (Å²) >= 11 is 0. The van der Waals surface area contributed by atoms with Crippen molar-refractivity contribution in [3.8, 4) is 0 Å². The molecule has 0 bridgehead atoms. The quantitative estimate of drug-likeness (QED) is 0.778. The summed E-state index contributed by atoms with van der Waals surface area (Å²) in [6.07, 6.45) is 6.69. The minimum absolute atomic E-state index is 0.499. The Kier molecular flexibility index (Phi) is 3.49. The normalized spacial score (nSPS) is 20.1. The van der Waals surface area contributed by atoms with E-state index in [2.05, 4.69) is 16.5 Å².